The lowest BCUT2D eigenvalue weighted by atomic mass is 9.88. The second kappa shape index (κ2) is 5.98. The molecule has 0 amide bonds. The van der Waals surface area contributed by atoms with Crippen LogP contribution in [0.4, 0.5) is 0 Å². The maximum Gasteiger partial charge on any atom is 0.157 e. The quantitative estimate of drug-likeness (QED) is 0.769. The Morgan fingerprint density at radius 3 is 2.39 bits per heavy atom. The number of rotatable bonds is 4. The van der Waals surface area contributed by atoms with E-state index in [1.54, 1.807) is 0 Å². The highest BCUT2D eigenvalue weighted by molar-refractivity contribution is 6.20. The minimum atomic E-state index is -0.0964. The Kier molecular flexibility index (Phi) is 5.11. The normalized spacial score (nSPS) is 15.5. The topological polar surface area (TPSA) is 35.0 Å². The second-order valence-electron chi connectivity index (χ2n) is 5.59. The van der Waals surface area contributed by atoms with Gasteiger partial charge in [-0.25, -0.2) is 9.97 Å². The molecule has 0 fully saturated rings. The summed E-state index contributed by atoms with van der Waals surface area (Å²) >= 11 is 6.08. The molecule has 0 saturated heterocycles. The van der Waals surface area contributed by atoms with Crippen molar-refractivity contribution in [2.24, 2.45) is 5.41 Å². The first-order valence-electron chi connectivity index (χ1n) is 6.36. The fourth-order valence-electron chi connectivity index (χ4n) is 1.89. The average Bonchev–Trinajstić information content (AvgIpc) is 2.23. The maximum absolute atomic E-state index is 6.08. The fraction of sp³-hybridized carbons (Fsp3) is 0.714. The van der Waals surface area contributed by atoms with Gasteiger partial charge in [0.05, 0.1) is 5.38 Å². The number of aryl methyl sites for hydroxylation is 1. The van der Waals surface area contributed by atoms with Gasteiger partial charge in [-0.15, -0.1) is 11.6 Å². The summed E-state index contributed by atoms with van der Waals surface area (Å²) in [5.74, 6) is 0.739. The third-order valence-corrected chi connectivity index (χ3v) is 3.05. The van der Waals surface area contributed by atoms with Crippen molar-refractivity contribution in [3.05, 3.63) is 23.3 Å². The van der Waals surface area contributed by atoms with Crippen molar-refractivity contribution in [1.29, 1.82) is 0 Å². The van der Waals surface area contributed by atoms with E-state index in [9.17, 15) is 0 Å². The lowest BCUT2D eigenvalue weighted by Gasteiger charge is -2.29. The molecule has 1 aromatic heterocycles. The van der Waals surface area contributed by atoms with E-state index < -0.39 is 0 Å². The molecule has 2 unspecified atom stereocenters. The van der Waals surface area contributed by atoms with Crippen molar-refractivity contribution >= 4 is 11.6 Å². The maximum atomic E-state index is 6.08. The summed E-state index contributed by atoms with van der Waals surface area (Å²) in [7, 11) is 0. The molecule has 0 radical (unpaired) electrons. The Morgan fingerprint density at radius 2 is 2.00 bits per heavy atom. The molecule has 18 heavy (non-hydrogen) atoms. The van der Waals surface area contributed by atoms with Crippen LogP contribution >= 0.6 is 11.6 Å². The molecule has 0 aliphatic rings. The molecule has 0 aliphatic heterocycles. The molecule has 2 atom stereocenters. The zero-order valence-corrected chi connectivity index (χ0v) is 12.9. The zero-order valence-electron chi connectivity index (χ0n) is 12.1. The zero-order chi connectivity index (χ0) is 13.9. The first kappa shape index (κ1) is 15.4. The highest BCUT2D eigenvalue weighted by atomic mass is 35.5. The van der Waals surface area contributed by atoms with Crippen LogP contribution in [0.1, 0.15) is 63.2 Å². The monoisotopic (exact) mass is 270 g/mol. The molecule has 0 aromatic carbocycles. The number of hydrogen-bond acceptors (Lipinski definition) is 3. The van der Waals surface area contributed by atoms with E-state index in [4.69, 9.17) is 16.3 Å². The predicted molar refractivity (Wildman–Crippen MR) is 74.9 cm³/mol. The summed E-state index contributed by atoms with van der Waals surface area (Å²) in [5.41, 5.74) is 1.87. The van der Waals surface area contributed by atoms with Crippen LogP contribution in [0.3, 0.4) is 0 Å². The smallest absolute Gasteiger partial charge is 0.157 e. The van der Waals surface area contributed by atoms with Gasteiger partial charge < -0.3 is 4.74 Å². The van der Waals surface area contributed by atoms with Crippen LogP contribution in [0, 0.1) is 12.3 Å². The van der Waals surface area contributed by atoms with Crippen molar-refractivity contribution < 1.29 is 4.74 Å². The Morgan fingerprint density at radius 1 is 1.39 bits per heavy atom. The van der Waals surface area contributed by atoms with Gasteiger partial charge in [0.25, 0.3) is 0 Å². The Hall–Kier alpha value is -0.670. The van der Waals surface area contributed by atoms with Crippen LogP contribution in [0.25, 0.3) is 0 Å². The largest absolute Gasteiger partial charge is 0.370 e. The van der Waals surface area contributed by atoms with Crippen LogP contribution < -0.4 is 0 Å². The minimum absolute atomic E-state index is 0.0312. The van der Waals surface area contributed by atoms with Crippen molar-refractivity contribution in [2.75, 3.05) is 6.61 Å². The lowest BCUT2D eigenvalue weighted by molar-refractivity contribution is -0.0192. The SMILES string of the molecule is CCOC(c1ncc(C(C)Cl)c(C)n1)C(C)(C)C. The molecule has 4 heteroatoms. The van der Waals surface area contributed by atoms with Gasteiger partial charge in [0, 0.05) is 24.1 Å². The van der Waals surface area contributed by atoms with Crippen LogP contribution in [-0.4, -0.2) is 16.6 Å². The van der Waals surface area contributed by atoms with Crippen LogP contribution in [0.15, 0.2) is 6.20 Å². The molecule has 0 aliphatic carbocycles. The Bertz CT molecular complexity index is 399. The van der Waals surface area contributed by atoms with Crippen molar-refractivity contribution in [2.45, 2.75) is 53.0 Å². The molecule has 1 aromatic rings. The third kappa shape index (κ3) is 3.66. The highest BCUT2D eigenvalue weighted by Gasteiger charge is 2.29. The molecule has 0 N–H and O–H groups in total. The summed E-state index contributed by atoms with van der Waals surface area (Å²) in [5, 5.41) is -0.0702. The van der Waals surface area contributed by atoms with Crippen molar-refractivity contribution in [3.8, 4) is 0 Å². The van der Waals surface area contributed by atoms with Gasteiger partial charge >= 0.3 is 0 Å². The number of aromatic nitrogens is 2. The number of nitrogens with zero attached hydrogens (tertiary/aromatic N) is 2. The number of halogens is 1. The molecule has 1 heterocycles. The number of hydrogen-bond donors (Lipinski definition) is 0. The molecular formula is C14H23ClN2O. The van der Waals surface area contributed by atoms with E-state index in [1.807, 2.05) is 27.0 Å². The van der Waals surface area contributed by atoms with Gasteiger partial charge in [0.1, 0.15) is 6.10 Å². The van der Waals surface area contributed by atoms with E-state index in [0.29, 0.717) is 6.61 Å². The van der Waals surface area contributed by atoms with Gasteiger partial charge in [0.2, 0.25) is 0 Å². The Balaban J connectivity index is 3.11. The van der Waals surface area contributed by atoms with E-state index in [1.165, 1.54) is 0 Å². The van der Waals surface area contributed by atoms with Gasteiger partial charge in [0.15, 0.2) is 5.82 Å². The second-order valence-corrected chi connectivity index (χ2v) is 6.24. The predicted octanol–water partition coefficient (Wildman–Crippen LogP) is 4.21. The number of ether oxygens (including phenoxy) is 1. The van der Waals surface area contributed by atoms with E-state index in [2.05, 4.69) is 30.7 Å². The summed E-state index contributed by atoms with van der Waals surface area (Å²) in [6.45, 7) is 12.9. The summed E-state index contributed by atoms with van der Waals surface area (Å²) in [6.07, 6.45) is 1.72. The van der Waals surface area contributed by atoms with E-state index in [-0.39, 0.29) is 16.9 Å². The molecule has 0 spiro atoms. The summed E-state index contributed by atoms with van der Waals surface area (Å²) < 4.78 is 5.79. The van der Waals surface area contributed by atoms with Crippen molar-refractivity contribution in [3.63, 3.8) is 0 Å². The number of alkyl halides is 1. The van der Waals surface area contributed by atoms with Crippen molar-refractivity contribution in [1.82, 2.24) is 9.97 Å². The third-order valence-electron chi connectivity index (χ3n) is 2.82. The molecule has 102 valence electrons. The first-order chi connectivity index (χ1) is 8.27. The standard InChI is InChI=1S/C14H23ClN2O/c1-7-18-12(14(4,5)6)13-16-8-11(9(2)15)10(3)17-13/h8-9,12H,7H2,1-6H3. The van der Waals surface area contributed by atoms with E-state index >= 15 is 0 Å². The molecule has 1 rings (SSSR count). The molecule has 0 saturated carbocycles. The Labute approximate surface area is 115 Å². The van der Waals surface area contributed by atoms with Gasteiger partial charge in [-0.1, -0.05) is 20.8 Å². The first-order valence-corrected chi connectivity index (χ1v) is 6.80. The molecular weight excluding hydrogens is 248 g/mol. The average molecular weight is 271 g/mol. The fourth-order valence-corrected chi connectivity index (χ4v) is 2.10. The van der Waals surface area contributed by atoms with E-state index in [0.717, 1.165) is 17.1 Å². The minimum Gasteiger partial charge on any atom is -0.370 e. The lowest BCUT2D eigenvalue weighted by Crippen LogP contribution is -2.24. The van der Waals surface area contributed by atoms with Gasteiger partial charge in [-0.3, -0.25) is 0 Å². The molecule has 3 nitrogen and oxygen atoms in total. The summed E-state index contributed by atoms with van der Waals surface area (Å²) in [4.78, 5) is 8.98. The van der Waals surface area contributed by atoms with Crippen LogP contribution in [0.2, 0.25) is 0 Å². The summed E-state index contributed by atoms with van der Waals surface area (Å²) in [6, 6.07) is 0. The van der Waals surface area contributed by atoms with Gasteiger partial charge in [-0.2, -0.15) is 0 Å². The highest BCUT2D eigenvalue weighted by Crippen LogP contribution is 2.34. The molecule has 0 bridgehead atoms. The van der Waals surface area contributed by atoms with Gasteiger partial charge in [-0.05, 0) is 26.2 Å². The van der Waals surface area contributed by atoms with Crippen LogP contribution in [-0.2, 0) is 4.74 Å². The van der Waals surface area contributed by atoms with Crippen LogP contribution in [0.5, 0.6) is 0 Å².